The highest BCUT2D eigenvalue weighted by Crippen LogP contribution is 2.30. The van der Waals surface area contributed by atoms with Gasteiger partial charge in [0.1, 0.15) is 12.1 Å². The Kier molecular flexibility index (Phi) is 5.22. The van der Waals surface area contributed by atoms with E-state index < -0.39 is 23.4 Å². The Bertz CT molecular complexity index is 960. The first-order valence-electron chi connectivity index (χ1n) is 9.63. The monoisotopic (exact) mass is 393 g/mol. The number of urea groups is 1. The molecule has 2 N–H and O–H groups in total. The largest absolute Gasteiger partial charge is 0.325 e. The summed E-state index contributed by atoms with van der Waals surface area (Å²) in [6, 6.07) is 14.4. The van der Waals surface area contributed by atoms with E-state index in [-0.39, 0.29) is 12.0 Å². The molecule has 1 saturated heterocycles. The summed E-state index contributed by atoms with van der Waals surface area (Å²) in [6.07, 6.45) is 0. The van der Waals surface area contributed by atoms with Crippen LogP contribution >= 0.6 is 0 Å². The average Bonchev–Trinajstić information content (AvgIpc) is 2.86. The predicted molar refractivity (Wildman–Crippen MR) is 113 cm³/mol. The lowest BCUT2D eigenvalue weighted by Gasteiger charge is -2.24. The van der Waals surface area contributed by atoms with Crippen LogP contribution < -0.4 is 10.6 Å². The van der Waals surface area contributed by atoms with E-state index in [4.69, 9.17) is 0 Å². The summed E-state index contributed by atoms with van der Waals surface area (Å²) in [5.74, 6) is -0.857. The molecule has 2 aromatic carbocycles. The number of hydrogen-bond acceptors (Lipinski definition) is 3. The van der Waals surface area contributed by atoms with Crippen LogP contribution in [-0.4, -0.2) is 29.3 Å². The Labute approximate surface area is 171 Å². The molecule has 29 heavy (non-hydrogen) atoms. The number of carbonyl (C=O) groups is 3. The normalized spacial score (nSPS) is 19.3. The second-order valence-corrected chi connectivity index (χ2v) is 8.66. The maximum atomic E-state index is 13.0. The smallest absolute Gasteiger partial charge is 0.324 e. The fourth-order valence-corrected chi connectivity index (χ4v) is 3.50. The van der Waals surface area contributed by atoms with Crippen molar-refractivity contribution in [3.63, 3.8) is 0 Å². The van der Waals surface area contributed by atoms with Crippen LogP contribution in [0.2, 0.25) is 0 Å². The fraction of sp³-hybridized carbons (Fsp3) is 0.348. The number of nitrogens with one attached hydrogen (secondary N) is 2. The zero-order valence-corrected chi connectivity index (χ0v) is 17.5. The third-order valence-corrected chi connectivity index (χ3v) is 5.21. The Balaban J connectivity index is 1.77. The minimum atomic E-state index is -1.19. The SMILES string of the molecule is Cc1ccc(C2(C)NC(=O)N(CC(=O)Nc3ccccc3C(C)(C)C)C2=O)cc1. The average molecular weight is 393 g/mol. The maximum absolute atomic E-state index is 13.0. The van der Waals surface area contributed by atoms with Gasteiger partial charge in [0, 0.05) is 5.69 Å². The first-order chi connectivity index (χ1) is 13.5. The van der Waals surface area contributed by atoms with E-state index in [1.54, 1.807) is 6.92 Å². The Morgan fingerprint density at radius 1 is 1.07 bits per heavy atom. The van der Waals surface area contributed by atoms with Crippen LogP contribution in [0.15, 0.2) is 48.5 Å². The molecule has 6 nitrogen and oxygen atoms in total. The molecule has 1 aliphatic heterocycles. The molecule has 0 aromatic heterocycles. The highest BCUT2D eigenvalue weighted by molar-refractivity contribution is 6.10. The van der Waals surface area contributed by atoms with Crippen molar-refractivity contribution < 1.29 is 14.4 Å². The number of imide groups is 1. The minimum absolute atomic E-state index is 0.158. The standard InChI is InChI=1S/C23H27N3O3/c1-15-10-12-16(13-11-15)23(5)20(28)26(21(29)25-23)14-19(27)24-18-9-7-6-8-17(18)22(2,3)4/h6-13H,14H2,1-5H3,(H,24,27)(H,25,29). The number of nitrogens with zero attached hydrogens (tertiary/aromatic N) is 1. The molecule has 1 aliphatic rings. The van der Waals surface area contributed by atoms with Gasteiger partial charge in [0.2, 0.25) is 5.91 Å². The van der Waals surface area contributed by atoms with Gasteiger partial charge in [-0.15, -0.1) is 0 Å². The lowest BCUT2D eigenvalue weighted by molar-refractivity contribution is -0.133. The number of rotatable bonds is 4. The lowest BCUT2D eigenvalue weighted by atomic mass is 9.86. The summed E-state index contributed by atoms with van der Waals surface area (Å²) in [5.41, 5.74) is 2.06. The van der Waals surface area contributed by atoms with Crippen molar-refractivity contribution in [2.24, 2.45) is 0 Å². The van der Waals surface area contributed by atoms with Crippen molar-refractivity contribution in [1.29, 1.82) is 0 Å². The van der Waals surface area contributed by atoms with Gasteiger partial charge in [-0.2, -0.15) is 0 Å². The van der Waals surface area contributed by atoms with Gasteiger partial charge in [-0.05, 0) is 36.5 Å². The number of para-hydroxylation sites is 1. The Morgan fingerprint density at radius 3 is 2.31 bits per heavy atom. The third kappa shape index (κ3) is 4.01. The molecule has 1 fully saturated rings. The lowest BCUT2D eigenvalue weighted by Crippen LogP contribution is -2.42. The fourth-order valence-electron chi connectivity index (χ4n) is 3.50. The summed E-state index contributed by atoms with van der Waals surface area (Å²) in [7, 11) is 0. The van der Waals surface area contributed by atoms with Crippen molar-refractivity contribution >= 4 is 23.5 Å². The Morgan fingerprint density at radius 2 is 1.69 bits per heavy atom. The first kappa shape index (κ1) is 20.6. The second-order valence-electron chi connectivity index (χ2n) is 8.66. The number of hydrogen-bond donors (Lipinski definition) is 2. The van der Waals surface area contributed by atoms with Crippen molar-refractivity contribution in [2.75, 3.05) is 11.9 Å². The van der Waals surface area contributed by atoms with Crippen LogP contribution in [-0.2, 0) is 20.5 Å². The molecular weight excluding hydrogens is 366 g/mol. The van der Waals surface area contributed by atoms with Crippen molar-refractivity contribution in [2.45, 2.75) is 45.6 Å². The van der Waals surface area contributed by atoms with Gasteiger partial charge in [0.05, 0.1) is 0 Å². The molecule has 3 rings (SSSR count). The highest BCUT2D eigenvalue weighted by atomic mass is 16.2. The topological polar surface area (TPSA) is 78.5 Å². The molecule has 0 aliphatic carbocycles. The van der Waals surface area contributed by atoms with Crippen LogP contribution in [0, 0.1) is 6.92 Å². The van der Waals surface area contributed by atoms with Crippen LogP contribution in [0.4, 0.5) is 10.5 Å². The zero-order chi connectivity index (χ0) is 21.4. The number of benzene rings is 2. The number of amides is 4. The van der Waals surface area contributed by atoms with Gasteiger partial charge >= 0.3 is 6.03 Å². The molecule has 0 bridgehead atoms. The molecular formula is C23H27N3O3. The van der Waals surface area contributed by atoms with E-state index in [0.29, 0.717) is 11.3 Å². The maximum Gasteiger partial charge on any atom is 0.325 e. The van der Waals surface area contributed by atoms with E-state index in [9.17, 15) is 14.4 Å². The van der Waals surface area contributed by atoms with Crippen molar-refractivity contribution in [3.8, 4) is 0 Å². The van der Waals surface area contributed by atoms with Crippen LogP contribution in [0.1, 0.15) is 44.4 Å². The summed E-state index contributed by atoms with van der Waals surface area (Å²) in [4.78, 5) is 39.1. The molecule has 0 saturated carbocycles. The molecule has 1 heterocycles. The molecule has 2 aromatic rings. The van der Waals surface area contributed by atoms with Gasteiger partial charge in [0.15, 0.2) is 0 Å². The summed E-state index contributed by atoms with van der Waals surface area (Å²) in [5, 5.41) is 5.58. The molecule has 152 valence electrons. The van der Waals surface area contributed by atoms with Crippen LogP contribution in [0.3, 0.4) is 0 Å². The summed E-state index contributed by atoms with van der Waals surface area (Å²) < 4.78 is 0. The number of aryl methyl sites for hydroxylation is 1. The third-order valence-electron chi connectivity index (χ3n) is 5.21. The highest BCUT2D eigenvalue weighted by Gasteiger charge is 2.49. The molecule has 4 amide bonds. The summed E-state index contributed by atoms with van der Waals surface area (Å²) >= 11 is 0. The minimum Gasteiger partial charge on any atom is -0.324 e. The quantitative estimate of drug-likeness (QED) is 0.778. The van der Waals surface area contributed by atoms with Gasteiger partial charge in [-0.25, -0.2) is 4.79 Å². The van der Waals surface area contributed by atoms with Crippen molar-refractivity contribution in [3.05, 3.63) is 65.2 Å². The van der Waals surface area contributed by atoms with Gasteiger partial charge < -0.3 is 10.6 Å². The van der Waals surface area contributed by atoms with E-state index in [1.807, 2.05) is 55.5 Å². The molecule has 1 atom stereocenters. The molecule has 0 spiro atoms. The molecule has 6 heteroatoms. The predicted octanol–water partition coefficient (Wildman–Crippen LogP) is 3.70. The van der Waals surface area contributed by atoms with Crippen LogP contribution in [0.5, 0.6) is 0 Å². The van der Waals surface area contributed by atoms with Gasteiger partial charge in [-0.1, -0.05) is 68.8 Å². The Hall–Kier alpha value is -3.15. The van der Waals surface area contributed by atoms with E-state index in [0.717, 1.165) is 16.0 Å². The first-order valence-corrected chi connectivity index (χ1v) is 9.63. The van der Waals surface area contributed by atoms with Gasteiger partial charge in [-0.3, -0.25) is 14.5 Å². The van der Waals surface area contributed by atoms with Gasteiger partial charge in [0.25, 0.3) is 5.91 Å². The van der Waals surface area contributed by atoms with E-state index in [2.05, 4.69) is 31.4 Å². The zero-order valence-electron chi connectivity index (χ0n) is 17.5. The number of carbonyl (C=O) groups excluding carboxylic acids is 3. The second kappa shape index (κ2) is 7.35. The molecule has 0 radical (unpaired) electrons. The van der Waals surface area contributed by atoms with E-state index >= 15 is 0 Å². The van der Waals surface area contributed by atoms with E-state index in [1.165, 1.54) is 0 Å². The van der Waals surface area contributed by atoms with Crippen LogP contribution in [0.25, 0.3) is 0 Å². The number of anilines is 1. The molecule has 1 unspecified atom stereocenters. The summed E-state index contributed by atoms with van der Waals surface area (Å²) in [6.45, 7) is 9.44. The van der Waals surface area contributed by atoms with Crippen molar-refractivity contribution in [1.82, 2.24) is 10.2 Å².